The lowest BCUT2D eigenvalue weighted by Crippen LogP contribution is -1.79. The Morgan fingerprint density at radius 2 is 1.33 bits per heavy atom. The first-order valence-electron chi connectivity index (χ1n) is 4.14. The molecule has 1 heteroatoms. The zero-order valence-corrected chi connectivity index (χ0v) is 7.70. The van der Waals surface area contributed by atoms with Crippen LogP contribution in [0.25, 0.3) is 0 Å². The maximum Gasteiger partial charge on any atom is 0.0624 e. The highest BCUT2D eigenvalue weighted by atomic mass is 14.2. The molecule has 0 aromatic heterocycles. The molecule has 1 nitrogen and oxygen atoms in total. The minimum atomic E-state index is 0.537. The Morgan fingerprint density at radius 1 is 1.00 bits per heavy atom. The molecule has 0 bridgehead atoms. The van der Waals surface area contributed by atoms with Gasteiger partial charge in [0.05, 0.1) is 6.07 Å². The summed E-state index contributed by atoms with van der Waals surface area (Å²) < 4.78 is 0. The Labute approximate surface area is 74.7 Å². The van der Waals surface area contributed by atoms with E-state index in [1.807, 2.05) is 50.2 Å². The van der Waals surface area contributed by atoms with Crippen LogP contribution < -0.4 is 0 Å². The molecule has 0 atom stereocenters. The third kappa shape index (κ3) is 8.71. The smallest absolute Gasteiger partial charge is 0.0624 e. The highest BCUT2D eigenvalue weighted by molar-refractivity contribution is 4.99. The van der Waals surface area contributed by atoms with Crippen molar-refractivity contribution in [2.75, 3.05) is 0 Å². The van der Waals surface area contributed by atoms with Gasteiger partial charge in [0.15, 0.2) is 0 Å². The Balaban J connectivity index is 0.000000202. The van der Waals surface area contributed by atoms with Gasteiger partial charge < -0.3 is 0 Å². The van der Waals surface area contributed by atoms with Crippen LogP contribution in [0.15, 0.2) is 36.4 Å². The lowest BCUT2D eigenvalue weighted by atomic mass is 10.2. The van der Waals surface area contributed by atoms with Gasteiger partial charge in [-0.15, -0.1) is 0 Å². The van der Waals surface area contributed by atoms with Gasteiger partial charge in [0, 0.05) is 6.42 Å². The van der Waals surface area contributed by atoms with E-state index in [-0.39, 0.29) is 0 Å². The normalized spacial score (nSPS) is 8.17. The second-order valence-electron chi connectivity index (χ2n) is 2.91. The maximum atomic E-state index is 7.99. The molecule has 0 radical (unpaired) electrons. The summed E-state index contributed by atoms with van der Waals surface area (Å²) in [5, 5.41) is 7.99. The fourth-order valence-corrected chi connectivity index (χ4v) is 0.567. The number of rotatable bonds is 1. The van der Waals surface area contributed by atoms with Crippen LogP contribution >= 0.6 is 0 Å². The summed E-state index contributed by atoms with van der Waals surface area (Å²) in [5.41, 5.74) is 0. The summed E-state index contributed by atoms with van der Waals surface area (Å²) in [5.74, 6) is 0.537. The Hall–Kier alpha value is -1.29. The standard InChI is InChI=1S/C6H6.C5H9N/c1-2-4-6-5-3-1;1-5(2)3-4-6/h1-6H;5H,3H2,1-2H3. The van der Waals surface area contributed by atoms with E-state index in [1.54, 1.807) is 0 Å². The van der Waals surface area contributed by atoms with Crippen LogP contribution in [0.5, 0.6) is 0 Å². The first kappa shape index (κ1) is 10.7. The zero-order valence-electron chi connectivity index (χ0n) is 7.70. The number of nitrogens with zero attached hydrogens (tertiary/aromatic N) is 1. The van der Waals surface area contributed by atoms with E-state index in [4.69, 9.17) is 5.26 Å². The van der Waals surface area contributed by atoms with Crippen LogP contribution in [0.4, 0.5) is 0 Å². The van der Waals surface area contributed by atoms with E-state index in [0.717, 1.165) is 0 Å². The third-order valence-corrected chi connectivity index (χ3v) is 1.17. The summed E-state index contributed by atoms with van der Waals surface area (Å²) >= 11 is 0. The predicted molar refractivity (Wildman–Crippen MR) is 51.5 cm³/mol. The molecule has 0 spiro atoms. The zero-order chi connectivity index (χ0) is 9.23. The molecule has 0 saturated carbocycles. The summed E-state index contributed by atoms with van der Waals surface area (Å²) in [7, 11) is 0. The van der Waals surface area contributed by atoms with Gasteiger partial charge in [0.1, 0.15) is 0 Å². The van der Waals surface area contributed by atoms with E-state index >= 15 is 0 Å². The van der Waals surface area contributed by atoms with Crippen molar-refractivity contribution in [3.05, 3.63) is 36.4 Å². The number of benzene rings is 1. The first-order chi connectivity index (χ1) is 5.77. The Bertz CT molecular complexity index is 181. The molecule has 1 rings (SSSR count). The van der Waals surface area contributed by atoms with Crippen molar-refractivity contribution in [1.29, 1.82) is 5.26 Å². The molecule has 0 fully saturated rings. The van der Waals surface area contributed by atoms with Crippen LogP contribution in [0.2, 0.25) is 0 Å². The van der Waals surface area contributed by atoms with Gasteiger partial charge in [-0.05, 0) is 5.92 Å². The molecule has 12 heavy (non-hydrogen) atoms. The van der Waals surface area contributed by atoms with Crippen molar-refractivity contribution < 1.29 is 0 Å². The average molecular weight is 161 g/mol. The summed E-state index contributed by atoms with van der Waals surface area (Å²) in [4.78, 5) is 0. The molecule has 0 heterocycles. The fourth-order valence-electron chi connectivity index (χ4n) is 0.567. The molecular formula is C11H15N. The molecule has 1 aromatic carbocycles. The van der Waals surface area contributed by atoms with Crippen molar-refractivity contribution in [3.63, 3.8) is 0 Å². The van der Waals surface area contributed by atoms with Crippen LogP contribution in [0, 0.1) is 17.2 Å². The molecule has 0 unspecified atom stereocenters. The highest BCUT2D eigenvalue weighted by Crippen LogP contribution is 1.94. The summed E-state index contributed by atoms with van der Waals surface area (Å²) in [6.07, 6.45) is 0.681. The van der Waals surface area contributed by atoms with Crippen LogP contribution in [-0.4, -0.2) is 0 Å². The van der Waals surface area contributed by atoms with Gasteiger partial charge >= 0.3 is 0 Å². The first-order valence-corrected chi connectivity index (χ1v) is 4.14. The van der Waals surface area contributed by atoms with Crippen LogP contribution in [0.3, 0.4) is 0 Å². The quantitative estimate of drug-likeness (QED) is 0.620. The lowest BCUT2D eigenvalue weighted by Gasteiger charge is -1.88. The molecule has 1 aromatic rings. The Kier molecular flexibility index (Phi) is 6.97. The molecule has 0 N–H and O–H groups in total. The largest absolute Gasteiger partial charge is 0.198 e. The van der Waals surface area contributed by atoms with Crippen molar-refractivity contribution >= 4 is 0 Å². The van der Waals surface area contributed by atoms with Crippen molar-refractivity contribution in [2.24, 2.45) is 5.92 Å². The molecular weight excluding hydrogens is 146 g/mol. The topological polar surface area (TPSA) is 23.8 Å². The Morgan fingerprint density at radius 3 is 1.42 bits per heavy atom. The van der Waals surface area contributed by atoms with E-state index in [0.29, 0.717) is 12.3 Å². The molecule has 64 valence electrons. The van der Waals surface area contributed by atoms with Gasteiger partial charge in [-0.3, -0.25) is 0 Å². The third-order valence-electron chi connectivity index (χ3n) is 1.17. The van der Waals surface area contributed by atoms with Crippen LogP contribution in [-0.2, 0) is 0 Å². The lowest BCUT2D eigenvalue weighted by molar-refractivity contribution is 0.671. The number of nitriles is 1. The van der Waals surface area contributed by atoms with Gasteiger partial charge in [-0.1, -0.05) is 50.2 Å². The highest BCUT2D eigenvalue weighted by Gasteiger charge is 1.85. The van der Waals surface area contributed by atoms with Gasteiger partial charge in [-0.2, -0.15) is 5.26 Å². The second-order valence-corrected chi connectivity index (χ2v) is 2.91. The average Bonchev–Trinajstić information content (AvgIpc) is 2.08. The van der Waals surface area contributed by atoms with Gasteiger partial charge in [0.2, 0.25) is 0 Å². The monoisotopic (exact) mass is 161 g/mol. The summed E-state index contributed by atoms with van der Waals surface area (Å²) in [6.45, 7) is 4.06. The van der Waals surface area contributed by atoms with Crippen molar-refractivity contribution in [1.82, 2.24) is 0 Å². The van der Waals surface area contributed by atoms with Crippen molar-refractivity contribution in [2.45, 2.75) is 20.3 Å². The van der Waals surface area contributed by atoms with Gasteiger partial charge in [0.25, 0.3) is 0 Å². The van der Waals surface area contributed by atoms with E-state index < -0.39 is 0 Å². The molecule has 0 amide bonds. The predicted octanol–water partition coefficient (Wildman–Crippen LogP) is 3.24. The minimum Gasteiger partial charge on any atom is -0.198 e. The van der Waals surface area contributed by atoms with E-state index in [1.165, 1.54) is 0 Å². The molecule has 0 saturated heterocycles. The molecule has 0 aliphatic heterocycles. The summed E-state index contributed by atoms with van der Waals surface area (Å²) in [6, 6.07) is 14.1. The van der Waals surface area contributed by atoms with Crippen LogP contribution in [0.1, 0.15) is 20.3 Å². The SMILES string of the molecule is CC(C)CC#N.c1ccccc1. The maximum absolute atomic E-state index is 7.99. The molecule has 0 aliphatic rings. The second kappa shape index (κ2) is 7.81. The number of hydrogen-bond donors (Lipinski definition) is 0. The van der Waals surface area contributed by atoms with Gasteiger partial charge in [-0.25, -0.2) is 0 Å². The van der Waals surface area contributed by atoms with E-state index in [9.17, 15) is 0 Å². The van der Waals surface area contributed by atoms with Crippen molar-refractivity contribution in [3.8, 4) is 6.07 Å². The fraction of sp³-hybridized carbons (Fsp3) is 0.364. The molecule has 0 aliphatic carbocycles. The van der Waals surface area contributed by atoms with E-state index in [2.05, 4.69) is 6.07 Å². The number of hydrogen-bond acceptors (Lipinski definition) is 1. The minimum absolute atomic E-state index is 0.537.